The molecule has 0 saturated carbocycles. The van der Waals surface area contributed by atoms with Crippen LogP contribution >= 0.6 is 23.5 Å². The van der Waals surface area contributed by atoms with Gasteiger partial charge in [-0.3, -0.25) is 0 Å². The van der Waals surface area contributed by atoms with Gasteiger partial charge in [-0.1, -0.05) is 0 Å². The first-order valence-electron chi connectivity index (χ1n) is 5.82. The highest BCUT2D eigenvalue weighted by atomic mass is 32.2. The van der Waals surface area contributed by atoms with E-state index in [0.29, 0.717) is 5.56 Å². The number of hydrogen-bond acceptors (Lipinski definition) is 3. The number of thioether (sulfide) groups is 2. The van der Waals surface area contributed by atoms with Crippen molar-refractivity contribution in [2.24, 2.45) is 0 Å². The molecule has 1 atom stereocenters. The van der Waals surface area contributed by atoms with Crippen molar-refractivity contribution in [3.05, 3.63) is 35.4 Å². The molecule has 2 rings (SSSR count). The fourth-order valence-corrected chi connectivity index (χ4v) is 5.18. The minimum atomic E-state index is -1.27. The Kier molecular flexibility index (Phi) is 3.95. The summed E-state index contributed by atoms with van der Waals surface area (Å²) in [5, 5.41) is 10.7. The second-order valence-corrected chi connectivity index (χ2v) is 8.01. The van der Waals surface area contributed by atoms with E-state index in [9.17, 15) is 13.9 Å². The Balaban J connectivity index is 2.39. The van der Waals surface area contributed by atoms with Crippen LogP contribution in [0.1, 0.15) is 25.8 Å². The third kappa shape index (κ3) is 2.53. The third-order valence-corrected chi connectivity index (χ3v) is 6.94. The Morgan fingerprint density at radius 1 is 1.17 bits per heavy atom. The zero-order valence-corrected chi connectivity index (χ0v) is 12.0. The number of halogens is 2. The summed E-state index contributed by atoms with van der Waals surface area (Å²) in [5.74, 6) is 0.605. The molecule has 1 fully saturated rings. The molecule has 1 aromatic carbocycles. The summed E-state index contributed by atoms with van der Waals surface area (Å²) in [6.07, 6.45) is 1.10. The summed E-state index contributed by atoms with van der Waals surface area (Å²) in [6, 6.07) is 3.25. The smallest absolute Gasteiger partial charge is 0.126 e. The zero-order valence-electron chi connectivity index (χ0n) is 10.4. The second kappa shape index (κ2) is 5.02. The first-order valence-corrected chi connectivity index (χ1v) is 7.79. The lowest BCUT2D eigenvalue weighted by Gasteiger charge is -2.44. The summed E-state index contributed by atoms with van der Waals surface area (Å²) >= 11 is 3.29. The lowest BCUT2D eigenvalue weighted by molar-refractivity contribution is 0.0481. The van der Waals surface area contributed by atoms with Gasteiger partial charge in [0.15, 0.2) is 0 Å². The Morgan fingerprint density at radius 2 is 1.67 bits per heavy atom. The number of aliphatic hydroxyl groups is 1. The van der Waals surface area contributed by atoms with Gasteiger partial charge in [0.05, 0.1) is 4.08 Å². The van der Waals surface area contributed by atoms with E-state index in [0.717, 1.165) is 24.0 Å². The van der Waals surface area contributed by atoms with Crippen molar-refractivity contribution in [1.82, 2.24) is 0 Å². The molecule has 0 spiro atoms. The Morgan fingerprint density at radius 3 is 2.17 bits per heavy atom. The molecule has 1 saturated heterocycles. The van der Waals surface area contributed by atoms with Crippen LogP contribution in [0.4, 0.5) is 8.78 Å². The van der Waals surface area contributed by atoms with Gasteiger partial charge in [0.2, 0.25) is 0 Å². The molecule has 1 nitrogen and oxygen atoms in total. The van der Waals surface area contributed by atoms with Crippen molar-refractivity contribution in [3.63, 3.8) is 0 Å². The first-order chi connectivity index (χ1) is 8.35. The van der Waals surface area contributed by atoms with E-state index < -0.39 is 21.3 Å². The lowest BCUT2D eigenvalue weighted by Crippen LogP contribution is -2.44. The topological polar surface area (TPSA) is 20.2 Å². The fourth-order valence-electron chi connectivity index (χ4n) is 2.01. The standard InChI is InChI=1S/C13H16F2OS2/c1-12(16,13(2)17-4-3-5-18-13)9-6-10(14)8-11(15)7-9/h6-8,16H,3-5H2,1-2H3. The van der Waals surface area contributed by atoms with Crippen molar-refractivity contribution in [3.8, 4) is 0 Å². The van der Waals surface area contributed by atoms with Crippen molar-refractivity contribution >= 4 is 23.5 Å². The van der Waals surface area contributed by atoms with Gasteiger partial charge in [0.1, 0.15) is 17.2 Å². The van der Waals surface area contributed by atoms with E-state index in [1.165, 1.54) is 12.1 Å². The Bertz CT molecular complexity index is 422. The summed E-state index contributed by atoms with van der Waals surface area (Å²) in [5.41, 5.74) is -0.976. The fraction of sp³-hybridized carbons (Fsp3) is 0.538. The lowest BCUT2D eigenvalue weighted by atomic mass is 9.92. The van der Waals surface area contributed by atoms with Crippen LogP contribution in [-0.2, 0) is 5.60 Å². The number of hydrogen-bond donors (Lipinski definition) is 1. The molecule has 0 amide bonds. The maximum atomic E-state index is 13.3. The van der Waals surface area contributed by atoms with Crippen LogP contribution in [0.25, 0.3) is 0 Å². The predicted octanol–water partition coefficient (Wildman–Crippen LogP) is 3.76. The molecule has 1 aliphatic rings. The van der Waals surface area contributed by atoms with E-state index in [1.807, 2.05) is 6.92 Å². The van der Waals surface area contributed by atoms with E-state index >= 15 is 0 Å². The van der Waals surface area contributed by atoms with Gasteiger partial charge in [-0.05, 0) is 49.5 Å². The summed E-state index contributed by atoms with van der Waals surface area (Å²) in [6.45, 7) is 3.57. The second-order valence-electron chi connectivity index (χ2n) is 4.73. The maximum absolute atomic E-state index is 13.3. The van der Waals surface area contributed by atoms with Crippen LogP contribution in [0.5, 0.6) is 0 Å². The molecule has 1 unspecified atom stereocenters. The summed E-state index contributed by atoms with van der Waals surface area (Å²) in [7, 11) is 0. The molecule has 1 N–H and O–H groups in total. The molecule has 18 heavy (non-hydrogen) atoms. The van der Waals surface area contributed by atoms with E-state index in [2.05, 4.69) is 0 Å². The van der Waals surface area contributed by atoms with Crippen LogP contribution in [0, 0.1) is 11.6 Å². The van der Waals surface area contributed by atoms with Gasteiger partial charge in [-0.15, -0.1) is 23.5 Å². The van der Waals surface area contributed by atoms with Gasteiger partial charge in [0, 0.05) is 6.07 Å². The molecule has 100 valence electrons. The average Bonchev–Trinajstić information content (AvgIpc) is 2.28. The van der Waals surface area contributed by atoms with Gasteiger partial charge in [0.25, 0.3) is 0 Å². The molecule has 1 heterocycles. The van der Waals surface area contributed by atoms with Crippen LogP contribution in [-0.4, -0.2) is 20.7 Å². The predicted molar refractivity (Wildman–Crippen MR) is 73.9 cm³/mol. The summed E-state index contributed by atoms with van der Waals surface area (Å²) < 4.78 is 26.1. The molecule has 0 radical (unpaired) electrons. The van der Waals surface area contributed by atoms with Crippen molar-refractivity contribution in [2.75, 3.05) is 11.5 Å². The monoisotopic (exact) mass is 290 g/mol. The Labute approximate surface area is 114 Å². The highest BCUT2D eigenvalue weighted by molar-refractivity contribution is 8.18. The molecular weight excluding hydrogens is 274 g/mol. The highest BCUT2D eigenvalue weighted by Crippen LogP contribution is 2.53. The van der Waals surface area contributed by atoms with Crippen molar-refractivity contribution in [1.29, 1.82) is 0 Å². The quantitative estimate of drug-likeness (QED) is 0.895. The largest absolute Gasteiger partial charge is 0.383 e. The van der Waals surface area contributed by atoms with Crippen LogP contribution in [0.2, 0.25) is 0 Å². The van der Waals surface area contributed by atoms with Gasteiger partial charge < -0.3 is 5.11 Å². The van der Waals surface area contributed by atoms with Gasteiger partial charge in [-0.25, -0.2) is 8.78 Å². The first kappa shape index (κ1) is 14.2. The zero-order chi connectivity index (χ0) is 13.4. The van der Waals surface area contributed by atoms with Gasteiger partial charge in [-0.2, -0.15) is 0 Å². The van der Waals surface area contributed by atoms with Crippen LogP contribution in [0.15, 0.2) is 18.2 Å². The minimum Gasteiger partial charge on any atom is -0.383 e. The molecule has 0 bridgehead atoms. The van der Waals surface area contributed by atoms with Crippen molar-refractivity contribution < 1.29 is 13.9 Å². The van der Waals surface area contributed by atoms with Crippen LogP contribution in [0.3, 0.4) is 0 Å². The minimum absolute atomic E-state index is 0.296. The third-order valence-electron chi connectivity index (χ3n) is 3.35. The molecule has 5 heteroatoms. The molecule has 1 aliphatic heterocycles. The molecular formula is C13H16F2OS2. The highest BCUT2D eigenvalue weighted by Gasteiger charge is 2.47. The average molecular weight is 290 g/mol. The van der Waals surface area contributed by atoms with Crippen molar-refractivity contribution in [2.45, 2.75) is 29.9 Å². The number of benzene rings is 1. The van der Waals surface area contributed by atoms with E-state index in [-0.39, 0.29) is 0 Å². The molecule has 0 aliphatic carbocycles. The van der Waals surface area contributed by atoms with Crippen LogP contribution < -0.4 is 0 Å². The maximum Gasteiger partial charge on any atom is 0.126 e. The summed E-state index contributed by atoms with van der Waals surface area (Å²) in [4.78, 5) is 0. The number of rotatable bonds is 2. The SMILES string of the molecule is CC1(C(C)(O)c2cc(F)cc(F)c2)SCCCS1. The van der Waals surface area contributed by atoms with E-state index in [1.54, 1.807) is 30.4 Å². The normalized spacial score (nSPS) is 22.5. The molecule has 0 aromatic heterocycles. The Hall–Kier alpha value is -0.260. The van der Waals surface area contributed by atoms with E-state index in [4.69, 9.17) is 0 Å². The van der Waals surface area contributed by atoms with Gasteiger partial charge >= 0.3 is 0 Å². The molecule has 1 aromatic rings.